The molecule has 156 valence electrons. The van der Waals surface area contributed by atoms with Crippen LogP contribution in [-0.4, -0.2) is 11.0 Å². The molecule has 2 aromatic carbocycles. The SMILES string of the molecule is CC1(C)c2ccccc2N(c2ccccc2C2=c3cccnc3=CCC2)C2C#CC=CC21. The van der Waals surface area contributed by atoms with Crippen molar-refractivity contribution in [3.8, 4) is 11.8 Å². The molecule has 0 fully saturated rings. The Labute approximate surface area is 189 Å². The van der Waals surface area contributed by atoms with E-state index >= 15 is 0 Å². The Balaban J connectivity index is 1.64. The van der Waals surface area contributed by atoms with E-state index < -0.39 is 0 Å². The van der Waals surface area contributed by atoms with E-state index in [1.165, 1.54) is 33.3 Å². The van der Waals surface area contributed by atoms with Crippen LogP contribution in [0.25, 0.3) is 11.6 Å². The topological polar surface area (TPSA) is 16.1 Å². The van der Waals surface area contributed by atoms with E-state index in [1.54, 1.807) is 0 Å². The van der Waals surface area contributed by atoms with Gasteiger partial charge in [0, 0.05) is 39.7 Å². The van der Waals surface area contributed by atoms with Gasteiger partial charge in [-0.25, -0.2) is 0 Å². The molecular weight excluding hydrogens is 388 g/mol. The van der Waals surface area contributed by atoms with Crippen molar-refractivity contribution in [1.82, 2.24) is 4.98 Å². The lowest BCUT2D eigenvalue weighted by atomic mass is 9.65. The predicted molar refractivity (Wildman–Crippen MR) is 132 cm³/mol. The van der Waals surface area contributed by atoms with Gasteiger partial charge in [-0.05, 0) is 48.3 Å². The molecule has 0 N–H and O–H groups in total. The quantitative estimate of drug-likeness (QED) is 0.558. The van der Waals surface area contributed by atoms with Crippen molar-refractivity contribution >= 4 is 23.0 Å². The molecule has 2 nitrogen and oxygen atoms in total. The van der Waals surface area contributed by atoms with Gasteiger partial charge in [0.15, 0.2) is 0 Å². The Morgan fingerprint density at radius 1 is 0.969 bits per heavy atom. The molecular formula is C30H26N2. The van der Waals surface area contributed by atoms with Crippen LogP contribution in [0.2, 0.25) is 0 Å². The molecule has 2 heteroatoms. The Morgan fingerprint density at radius 2 is 1.78 bits per heavy atom. The van der Waals surface area contributed by atoms with Gasteiger partial charge in [-0.3, -0.25) is 4.98 Å². The number of nitrogens with zero attached hydrogens (tertiary/aromatic N) is 2. The van der Waals surface area contributed by atoms with E-state index in [1.807, 2.05) is 18.3 Å². The summed E-state index contributed by atoms with van der Waals surface area (Å²) in [6, 6.07) is 22.1. The number of fused-ring (bicyclic) bond motifs is 3. The zero-order chi connectivity index (χ0) is 21.7. The molecule has 3 aromatic rings. The summed E-state index contributed by atoms with van der Waals surface area (Å²) in [6.45, 7) is 4.72. The number of hydrogen-bond donors (Lipinski definition) is 0. The van der Waals surface area contributed by atoms with Crippen LogP contribution >= 0.6 is 0 Å². The van der Waals surface area contributed by atoms with E-state index in [0.717, 1.165) is 18.2 Å². The molecule has 0 spiro atoms. The predicted octanol–water partition coefficient (Wildman–Crippen LogP) is 4.84. The highest BCUT2D eigenvalue weighted by molar-refractivity contribution is 5.84. The van der Waals surface area contributed by atoms with Gasteiger partial charge in [0.1, 0.15) is 6.04 Å². The molecule has 6 rings (SSSR count). The van der Waals surface area contributed by atoms with E-state index in [-0.39, 0.29) is 11.5 Å². The lowest BCUT2D eigenvalue weighted by Crippen LogP contribution is -2.50. The summed E-state index contributed by atoms with van der Waals surface area (Å²) in [7, 11) is 0. The zero-order valence-electron chi connectivity index (χ0n) is 18.5. The van der Waals surface area contributed by atoms with Crippen LogP contribution in [0.1, 0.15) is 37.8 Å². The first-order valence-corrected chi connectivity index (χ1v) is 11.5. The fourth-order valence-corrected chi connectivity index (χ4v) is 5.72. The standard InChI is InChI=1S/C30H26N2/c1-30(2)24-14-4-7-18-28(24)32(29-19-8-5-15-25(29)30)27-17-6-3-11-23(27)21-12-9-16-26-22(21)13-10-20-31-26/h3-7,10-11,13-18,20,25,29H,9,12H2,1-2H3. The van der Waals surface area contributed by atoms with Crippen molar-refractivity contribution in [3.63, 3.8) is 0 Å². The first-order valence-electron chi connectivity index (χ1n) is 11.5. The molecule has 1 aromatic heterocycles. The molecule has 0 radical (unpaired) electrons. The molecule has 2 unspecified atom stereocenters. The molecule has 3 aliphatic rings. The van der Waals surface area contributed by atoms with E-state index in [2.05, 4.69) is 102 Å². The lowest BCUT2D eigenvalue weighted by Gasteiger charge is -2.50. The molecule has 32 heavy (non-hydrogen) atoms. The highest BCUT2D eigenvalue weighted by Crippen LogP contribution is 2.50. The van der Waals surface area contributed by atoms with E-state index in [0.29, 0.717) is 5.92 Å². The summed E-state index contributed by atoms with van der Waals surface area (Å²) >= 11 is 0. The second-order valence-electron chi connectivity index (χ2n) is 9.40. The van der Waals surface area contributed by atoms with Crippen LogP contribution < -0.4 is 15.5 Å². The van der Waals surface area contributed by atoms with Gasteiger partial charge in [-0.2, -0.15) is 0 Å². The molecule has 1 aliphatic heterocycles. The van der Waals surface area contributed by atoms with Gasteiger partial charge < -0.3 is 4.90 Å². The van der Waals surface area contributed by atoms with Gasteiger partial charge in [-0.15, -0.1) is 0 Å². The van der Waals surface area contributed by atoms with Crippen molar-refractivity contribution in [3.05, 3.63) is 101 Å². The largest absolute Gasteiger partial charge is 0.326 e. The normalized spacial score (nSPS) is 22.1. The monoisotopic (exact) mass is 414 g/mol. The summed E-state index contributed by atoms with van der Waals surface area (Å²) in [6.07, 6.45) is 10.5. The van der Waals surface area contributed by atoms with Gasteiger partial charge in [0.25, 0.3) is 0 Å². The molecule has 2 heterocycles. The van der Waals surface area contributed by atoms with E-state index in [9.17, 15) is 0 Å². The van der Waals surface area contributed by atoms with Crippen LogP contribution in [0.5, 0.6) is 0 Å². The van der Waals surface area contributed by atoms with Crippen molar-refractivity contribution in [2.75, 3.05) is 4.90 Å². The molecule has 0 saturated carbocycles. The molecule has 0 amide bonds. The maximum atomic E-state index is 4.64. The molecule has 0 saturated heterocycles. The van der Waals surface area contributed by atoms with Crippen molar-refractivity contribution < 1.29 is 0 Å². The summed E-state index contributed by atoms with van der Waals surface area (Å²) < 4.78 is 0. The van der Waals surface area contributed by atoms with Gasteiger partial charge >= 0.3 is 0 Å². The van der Waals surface area contributed by atoms with Crippen LogP contribution in [0.4, 0.5) is 11.4 Å². The number of hydrogen-bond acceptors (Lipinski definition) is 2. The summed E-state index contributed by atoms with van der Waals surface area (Å²) in [4.78, 5) is 7.13. The summed E-state index contributed by atoms with van der Waals surface area (Å²) in [5.74, 6) is 7.17. The highest BCUT2D eigenvalue weighted by atomic mass is 15.2. The zero-order valence-corrected chi connectivity index (χ0v) is 18.5. The van der Waals surface area contributed by atoms with E-state index in [4.69, 9.17) is 0 Å². The maximum absolute atomic E-state index is 4.64. The van der Waals surface area contributed by atoms with Gasteiger partial charge in [0.2, 0.25) is 0 Å². The molecule has 2 atom stereocenters. The third-order valence-corrected chi connectivity index (χ3v) is 7.31. The first kappa shape index (κ1) is 19.1. The third-order valence-electron chi connectivity index (χ3n) is 7.31. The van der Waals surface area contributed by atoms with Crippen LogP contribution in [0.3, 0.4) is 0 Å². The van der Waals surface area contributed by atoms with Crippen LogP contribution in [0.15, 0.2) is 79.0 Å². The van der Waals surface area contributed by atoms with Crippen LogP contribution in [-0.2, 0) is 5.41 Å². The fraction of sp³-hybridized carbons (Fsp3) is 0.233. The number of benzene rings is 2. The minimum absolute atomic E-state index is 0.0156. The Bertz CT molecular complexity index is 1430. The van der Waals surface area contributed by atoms with Crippen molar-refractivity contribution in [2.24, 2.45) is 5.92 Å². The number of aromatic nitrogens is 1. The third kappa shape index (κ3) is 2.78. The smallest absolute Gasteiger partial charge is 0.103 e. The molecule has 0 bridgehead atoms. The van der Waals surface area contributed by atoms with Crippen LogP contribution in [0, 0.1) is 17.8 Å². The lowest BCUT2D eigenvalue weighted by molar-refractivity contribution is 0.338. The maximum Gasteiger partial charge on any atom is 0.103 e. The number of rotatable bonds is 2. The number of para-hydroxylation sites is 2. The van der Waals surface area contributed by atoms with Gasteiger partial charge in [0.05, 0.1) is 5.35 Å². The Hall–Kier alpha value is -3.57. The second kappa shape index (κ2) is 7.24. The number of allylic oxidation sites excluding steroid dienone is 1. The fourth-order valence-electron chi connectivity index (χ4n) is 5.72. The average molecular weight is 415 g/mol. The number of pyridine rings is 1. The summed E-state index contributed by atoms with van der Waals surface area (Å²) in [5.41, 5.74) is 6.58. The van der Waals surface area contributed by atoms with Gasteiger partial charge in [-0.1, -0.05) is 80.3 Å². The Kier molecular flexibility index (Phi) is 4.33. The minimum Gasteiger partial charge on any atom is -0.326 e. The summed E-state index contributed by atoms with van der Waals surface area (Å²) in [5, 5.41) is 2.35. The number of anilines is 2. The van der Waals surface area contributed by atoms with Crippen molar-refractivity contribution in [1.29, 1.82) is 0 Å². The molecule has 2 aliphatic carbocycles. The average Bonchev–Trinajstić information content (AvgIpc) is 2.84. The first-order chi connectivity index (χ1) is 15.7. The minimum atomic E-state index is 0.0156. The second-order valence-corrected chi connectivity index (χ2v) is 9.40. The highest BCUT2D eigenvalue weighted by Gasteiger charge is 2.45. The van der Waals surface area contributed by atoms with Crippen molar-refractivity contribution in [2.45, 2.75) is 38.1 Å². The Morgan fingerprint density at radius 3 is 2.69 bits per heavy atom.